The number of carbonyl (C=O) groups is 1. The van der Waals surface area contributed by atoms with Crippen molar-refractivity contribution in [2.24, 2.45) is 0 Å². The van der Waals surface area contributed by atoms with E-state index < -0.39 is 0 Å². The Balaban J connectivity index is 1.69. The monoisotopic (exact) mass is 261 g/mol. The Bertz CT molecular complexity index is 485. The Morgan fingerprint density at radius 1 is 1.47 bits per heavy atom. The largest absolute Gasteiger partial charge is 0.462 e. The van der Waals surface area contributed by atoms with E-state index in [2.05, 4.69) is 11.4 Å². The van der Waals surface area contributed by atoms with Gasteiger partial charge in [0.1, 0.15) is 11.5 Å². The van der Waals surface area contributed by atoms with Crippen LogP contribution in [-0.4, -0.2) is 25.7 Å². The third-order valence-electron chi connectivity index (χ3n) is 2.96. The molecular weight excluding hydrogens is 242 g/mol. The van der Waals surface area contributed by atoms with Gasteiger partial charge in [0.2, 0.25) is 5.91 Å². The summed E-state index contributed by atoms with van der Waals surface area (Å²) < 4.78 is 10.6. The summed E-state index contributed by atoms with van der Waals surface area (Å²) in [6.45, 7) is 4.02. The van der Waals surface area contributed by atoms with Gasteiger partial charge in [-0.15, -0.1) is 0 Å². The summed E-state index contributed by atoms with van der Waals surface area (Å²) in [6, 6.07) is 3.71. The van der Waals surface area contributed by atoms with Gasteiger partial charge >= 0.3 is 0 Å². The SMILES string of the molecule is Cc1ccc(/C=C/C(=O)NCCC2=CCOCC2)o1. The van der Waals surface area contributed by atoms with E-state index in [4.69, 9.17) is 9.15 Å². The molecule has 0 saturated heterocycles. The average Bonchev–Trinajstić information content (AvgIpc) is 2.83. The summed E-state index contributed by atoms with van der Waals surface area (Å²) in [7, 11) is 0. The van der Waals surface area contributed by atoms with Crippen molar-refractivity contribution in [3.05, 3.63) is 41.4 Å². The van der Waals surface area contributed by atoms with E-state index in [1.54, 1.807) is 6.08 Å². The molecule has 4 nitrogen and oxygen atoms in total. The second-order valence-electron chi connectivity index (χ2n) is 4.51. The van der Waals surface area contributed by atoms with Crippen molar-refractivity contribution in [1.82, 2.24) is 5.32 Å². The van der Waals surface area contributed by atoms with Gasteiger partial charge < -0.3 is 14.5 Å². The lowest BCUT2D eigenvalue weighted by molar-refractivity contribution is -0.116. The van der Waals surface area contributed by atoms with Crippen LogP contribution in [0.15, 0.2) is 34.3 Å². The Hall–Kier alpha value is -1.81. The molecule has 1 aromatic heterocycles. The summed E-state index contributed by atoms with van der Waals surface area (Å²) in [6.07, 6.45) is 7.13. The van der Waals surface area contributed by atoms with Crippen LogP contribution >= 0.6 is 0 Å². The number of rotatable bonds is 5. The number of furan rings is 1. The van der Waals surface area contributed by atoms with Crippen molar-refractivity contribution >= 4 is 12.0 Å². The van der Waals surface area contributed by atoms with Gasteiger partial charge in [-0.1, -0.05) is 11.6 Å². The molecule has 0 bridgehead atoms. The highest BCUT2D eigenvalue weighted by molar-refractivity contribution is 5.91. The smallest absolute Gasteiger partial charge is 0.244 e. The molecule has 0 radical (unpaired) electrons. The Labute approximate surface area is 113 Å². The average molecular weight is 261 g/mol. The van der Waals surface area contributed by atoms with Crippen molar-refractivity contribution < 1.29 is 13.9 Å². The molecule has 2 heterocycles. The molecule has 1 aromatic rings. The molecule has 1 amide bonds. The summed E-state index contributed by atoms with van der Waals surface area (Å²) in [4.78, 5) is 11.6. The van der Waals surface area contributed by atoms with E-state index in [1.165, 1.54) is 11.6 Å². The Morgan fingerprint density at radius 3 is 3.05 bits per heavy atom. The minimum absolute atomic E-state index is 0.0956. The summed E-state index contributed by atoms with van der Waals surface area (Å²) in [5.41, 5.74) is 1.36. The number of amides is 1. The summed E-state index contributed by atoms with van der Waals surface area (Å²) in [5, 5.41) is 2.86. The quantitative estimate of drug-likeness (QED) is 0.654. The Morgan fingerprint density at radius 2 is 2.37 bits per heavy atom. The molecular formula is C15H19NO3. The van der Waals surface area contributed by atoms with Gasteiger partial charge in [-0.25, -0.2) is 0 Å². The first kappa shape index (κ1) is 13.6. The van der Waals surface area contributed by atoms with Crippen LogP contribution in [0.3, 0.4) is 0 Å². The van der Waals surface area contributed by atoms with Gasteiger partial charge in [-0.3, -0.25) is 4.79 Å². The molecule has 1 aliphatic rings. The van der Waals surface area contributed by atoms with Crippen LogP contribution in [0.4, 0.5) is 0 Å². The number of ether oxygens (including phenoxy) is 1. The zero-order valence-corrected chi connectivity index (χ0v) is 11.1. The van der Waals surface area contributed by atoms with Crippen molar-refractivity contribution in [1.29, 1.82) is 0 Å². The van der Waals surface area contributed by atoms with Crippen LogP contribution in [0.25, 0.3) is 6.08 Å². The molecule has 0 aromatic carbocycles. The van der Waals surface area contributed by atoms with E-state index >= 15 is 0 Å². The molecule has 0 atom stereocenters. The lowest BCUT2D eigenvalue weighted by atomic mass is 10.1. The summed E-state index contributed by atoms with van der Waals surface area (Å²) >= 11 is 0. The van der Waals surface area contributed by atoms with Crippen LogP contribution in [0, 0.1) is 6.92 Å². The van der Waals surface area contributed by atoms with Gasteiger partial charge in [0.05, 0.1) is 13.2 Å². The number of nitrogens with one attached hydrogen (secondary N) is 1. The van der Waals surface area contributed by atoms with Crippen molar-refractivity contribution in [3.63, 3.8) is 0 Å². The minimum Gasteiger partial charge on any atom is -0.462 e. The molecule has 2 rings (SSSR count). The fourth-order valence-corrected chi connectivity index (χ4v) is 1.90. The van der Waals surface area contributed by atoms with E-state index in [1.807, 2.05) is 19.1 Å². The molecule has 0 spiro atoms. The highest BCUT2D eigenvalue weighted by Crippen LogP contribution is 2.11. The van der Waals surface area contributed by atoms with Crippen molar-refractivity contribution in [3.8, 4) is 0 Å². The van der Waals surface area contributed by atoms with E-state index in [-0.39, 0.29) is 5.91 Å². The minimum atomic E-state index is -0.0956. The van der Waals surface area contributed by atoms with E-state index in [0.29, 0.717) is 18.9 Å². The standard InChI is InChI=1S/C15H19NO3/c1-12-2-3-14(19-12)4-5-15(17)16-9-6-13-7-10-18-11-8-13/h2-5,7H,6,8-11H2,1H3,(H,16,17)/b5-4+. The second-order valence-corrected chi connectivity index (χ2v) is 4.51. The number of hydrogen-bond donors (Lipinski definition) is 1. The van der Waals surface area contributed by atoms with Gasteiger partial charge in [0.15, 0.2) is 0 Å². The van der Waals surface area contributed by atoms with Gasteiger partial charge in [0.25, 0.3) is 0 Å². The Kier molecular flexibility index (Phi) is 4.98. The molecule has 0 aliphatic carbocycles. The topological polar surface area (TPSA) is 51.5 Å². The number of aryl methyl sites for hydroxylation is 1. The molecule has 0 fully saturated rings. The molecule has 1 N–H and O–H groups in total. The van der Waals surface area contributed by atoms with Gasteiger partial charge in [-0.05, 0) is 38.0 Å². The molecule has 0 saturated carbocycles. The molecule has 19 heavy (non-hydrogen) atoms. The predicted octanol–water partition coefficient (Wildman–Crippen LogP) is 2.45. The molecule has 4 heteroatoms. The predicted molar refractivity (Wildman–Crippen MR) is 73.6 cm³/mol. The highest BCUT2D eigenvalue weighted by Gasteiger charge is 2.04. The zero-order valence-electron chi connectivity index (χ0n) is 11.1. The van der Waals surface area contributed by atoms with Crippen molar-refractivity contribution in [2.75, 3.05) is 19.8 Å². The van der Waals surface area contributed by atoms with Crippen LogP contribution < -0.4 is 5.32 Å². The van der Waals surface area contributed by atoms with Crippen LogP contribution in [0.1, 0.15) is 24.4 Å². The third kappa shape index (κ3) is 4.75. The van der Waals surface area contributed by atoms with Crippen molar-refractivity contribution in [2.45, 2.75) is 19.8 Å². The molecule has 102 valence electrons. The lowest BCUT2D eigenvalue weighted by Gasteiger charge is -2.13. The van der Waals surface area contributed by atoms with Crippen LogP contribution in [0.5, 0.6) is 0 Å². The first-order valence-electron chi connectivity index (χ1n) is 6.52. The van der Waals surface area contributed by atoms with Crippen LogP contribution in [-0.2, 0) is 9.53 Å². The first-order chi connectivity index (χ1) is 9.24. The maximum absolute atomic E-state index is 11.6. The number of hydrogen-bond acceptors (Lipinski definition) is 3. The van der Waals surface area contributed by atoms with Gasteiger partial charge in [-0.2, -0.15) is 0 Å². The summed E-state index contributed by atoms with van der Waals surface area (Å²) in [5.74, 6) is 1.44. The lowest BCUT2D eigenvalue weighted by Crippen LogP contribution is -2.23. The highest BCUT2D eigenvalue weighted by atomic mass is 16.5. The number of carbonyl (C=O) groups excluding carboxylic acids is 1. The van der Waals surface area contributed by atoms with Gasteiger partial charge in [0, 0.05) is 12.6 Å². The third-order valence-corrected chi connectivity index (χ3v) is 2.96. The fourth-order valence-electron chi connectivity index (χ4n) is 1.90. The maximum Gasteiger partial charge on any atom is 0.244 e. The second kappa shape index (κ2) is 6.95. The fraction of sp³-hybridized carbons (Fsp3) is 0.400. The first-order valence-corrected chi connectivity index (χ1v) is 6.52. The maximum atomic E-state index is 11.6. The van der Waals surface area contributed by atoms with Crippen LogP contribution in [0.2, 0.25) is 0 Å². The normalized spacial score (nSPS) is 15.5. The van der Waals surface area contributed by atoms with E-state index in [9.17, 15) is 4.79 Å². The molecule has 0 unspecified atom stereocenters. The zero-order chi connectivity index (χ0) is 13.5. The molecule has 1 aliphatic heterocycles. The van der Waals surface area contributed by atoms with E-state index in [0.717, 1.165) is 25.2 Å².